The molecule has 1 atom stereocenters. The molecule has 1 aliphatic rings. The zero-order valence-electron chi connectivity index (χ0n) is 19.4. The van der Waals surface area contributed by atoms with Crippen LogP contribution in [-0.4, -0.2) is 56.4 Å². The summed E-state index contributed by atoms with van der Waals surface area (Å²) in [5.74, 6) is 3.14. The van der Waals surface area contributed by atoms with Crippen molar-refractivity contribution in [2.75, 3.05) is 34.4 Å². The Kier molecular flexibility index (Phi) is 7.47. The van der Waals surface area contributed by atoms with Gasteiger partial charge in [0.1, 0.15) is 17.2 Å². The first-order valence-electron chi connectivity index (χ1n) is 11.1. The van der Waals surface area contributed by atoms with Gasteiger partial charge in [-0.2, -0.15) is 0 Å². The Labute approximate surface area is 194 Å². The molecule has 0 spiro atoms. The summed E-state index contributed by atoms with van der Waals surface area (Å²) in [6.45, 7) is 3.33. The first-order valence-corrected chi connectivity index (χ1v) is 11.1. The lowest BCUT2D eigenvalue weighted by Crippen LogP contribution is -2.44. The van der Waals surface area contributed by atoms with Crippen molar-refractivity contribution in [1.29, 1.82) is 0 Å². The van der Waals surface area contributed by atoms with Crippen LogP contribution in [0.15, 0.2) is 64.1 Å². The summed E-state index contributed by atoms with van der Waals surface area (Å²) < 4.78 is 16.3. The van der Waals surface area contributed by atoms with Crippen molar-refractivity contribution in [1.82, 2.24) is 20.7 Å². The van der Waals surface area contributed by atoms with E-state index in [2.05, 4.69) is 37.8 Å². The average molecular weight is 450 g/mol. The summed E-state index contributed by atoms with van der Waals surface area (Å²) in [5, 5.41) is 11.0. The van der Waals surface area contributed by atoms with Crippen molar-refractivity contribution < 1.29 is 14.0 Å². The topological polar surface area (TPSA) is 84.2 Å². The van der Waals surface area contributed by atoms with E-state index in [-0.39, 0.29) is 0 Å². The second-order valence-corrected chi connectivity index (χ2v) is 8.06. The van der Waals surface area contributed by atoms with Gasteiger partial charge in [-0.1, -0.05) is 35.5 Å². The lowest BCUT2D eigenvalue weighted by molar-refractivity contribution is 0.321. The maximum absolute atomic E-state index is 5.48. The summed E-state index contributed by atoms with van der Waals surface area (Å²) in [4.78, 5) is 6.79. The fourth-order valence-corrected chi connectivity index (χ4v) is 4.01. The SMILES string of the molecule is CN=C(NCc1cc(-c2ccccc2)on1)NC1CCN(Cc2cc(OC)cc(OC)c2)C1. The number of hydrogen-bond donors (Lipinski definition) is 2. The first-order chi connectivity index (χ1) is 16.2. The van der Waals surface area contributed by atoms with E-state index in [1.165, 1.54) is 5.56 Å². The van der Waals surface area contributed by atoms with Crippen LogP contribution in [-0.2, 0) is 13.1 Å². The molecule has 2 aromatic carbocycles. The van der Waals surface area contributed by atoms with Gasteiger partial charge in [0, 0.05) is 50.4 Å². The van der Waals surface area contributed by atoms with Crippen LogP contribution in [0.25, 0.3) is 11.3 Å². The molecule has 0 saturated carbocycles. The lowest BCUT2D eigenvalue weighted by atomic mass is 10.2. The van der Waals surface area contributed by atoms with Gasteiger partial charge in [0.2, 0.25) is 0 Å². The largest absolute Gasteiger partial charge is 0.497 e. The number of nitrogens with zero attached hydrogens (tertiary/aromatic N) is 3. The lowest BCUT2D eigenvalue weighted by Gasteiger charge is -2.19. The van der Waals surface area contributed by atoms with Gasteiger partial charge >= 0.3 is 0 Å². The molecule has 8 heteroatoms. The summed E-state index contributed by atoms with van der Waals surface area (Å²) in [6, 6.07) is 18.2. The van der Waals surface area contributed by atoms with Crippen molar-refractivity contribution in [3.63, 3.8) is 0 Å². The smallest absolute Gasteiger partial charge is 0.191 e. The van der Waals surface area contributed by atoms with Crippen molar-refractivity contribution in [3.05, 3.63) is 65.9 Å². The molecule has 0 aliphatic carbocycles. The minimum atomic E-state index is 0.320. The standard InChI is InChI=1S/C25H31N5O3/c1-26-25(27-15-21-13-24(33-29-21)19-7-5-4-6-8-19)28-20-9-10-30(17-20)16-18-11-22(31-2)14-23(12-18)32-3/h4-8,11-14,20H,9-10,15-17H2,1-3H3,(H2,26,27,28). The summed E-state index contributed by atoms with van der Waals surface area (Å²) >= 11 is 0. The number of guanidine groups is 1. The molecule has 8 nitrogen and oxygen atoms in total. The van der Waals surface area contributed by atoms with Gasteiger partial charge in [-0.3, -0.25) is 9.89 Å². The maximum Gasteiger partial charge on any atom is 0.191 e. The van der Waals surface area contributed by atoms with Gasteiger partial charge in [0.15, 0.2) is 11.7 Å². The van der Waals surface area contributed by atoms with E-state index in [4.69, 9.17) is 14.0 Å². The van der Waals surface area contributed by atoms with Crippen LogP contribution >= 0.6 is 0 Å². The van der Waals surface area contributed by atoms with Gasteiger partial charge in [-0.15, -0.1) is 0 Å². The van der Waals surface area contributed by atoms with Crippen LogP contribution in [0.5, 0.6) is 11.5 Å². The number of nitrogens with one attached hydrogen (secondary N) is 2. The molecular formula is C25H31N5O3. The number of methoxy groups -OCH3 is 2. The van der Waals surface area contributed by atoms with Crippen LogP contribution in [0.4, 0.5) is 0 Å². The molecule has 174 valence electrons. The molecule has 33 heavy (non-hydrogen) atoms. The molecule has 2 N–H and O–H groups in total. The molecule has 0 radical (unpaired) electrons. The molecular weight excluding hydrogens is 418 g/mol. The molecule has 0 amide bonds. The molecule has 1 fully saturated rings. The number of ether oxygens (including phenoxy) is 2. The number of hydrogen-bond acceptors (Lipinski definition) is 6. The van der Waals surface area contributed by atoms with E-state index >= 15 is 0 Å². The number of benzene rings is 2. The zero-order valence-corrected chi connectivity index (χ0v) is 19.4. The Morgan fingerprint density at radius 3 is 2.58 bits per heavy atom. The van der Waals surface area contributed by atoms with Crippen LogP contribution < -0.4 is 20.1 Å². The summed E-state index contributed by atoms with van der Waals surface area (Å²) in [6.07, 6.45) is 1.05. The van der Waals surface area contributed by atoms with Gasteiger partial charge < -0.3 is 24.6 Å². The molecule has 4 rings (SSSR count). The Hall–Kier alpha value is -3.52. The third-order valence-corrected chi connectivity index (χ3v) is 5.71. The molecule has 1 aromatic heterocycles. The quantitative estimate of drug-likeness (QED) is 0.403. The summed E-state index contributed by atoms with van der Waals surface area (Å²) in [7, 11) is 5.13. The Bertz CT molecular complexity index is 1040. The van der Waals surface area contributed by atoms with E-state index in [9.17, 15) is 0 Å². The highest BCUT2D eigenvalue weighted by Gasteiger charge is 2.23. The number of likely N-dealkylation sites (tertiary alicyclic amines) is 1. The van der Waals surface area contributed by atoms with Crippen LogP contribution in [0.3, 0.4) is 0 Å². The minimum absolute atomic E-state index is 0.320. The maximum atomic E-state index is 5.48. The van der Waals surface area contributed by atoms with Gasteiger partial charge in [-0.25, -0.2) is 0 Å². The van der Waals surface area contributed by atoms with E-state index in [0.29, 0.717) is 12.6 Å². The normalized spacial score (nSPS) is 16.6. The molecule has 0 bridgehead atoms. The monoisotopic (exact) mass is 449 g/mol. The molecule has 3 aromatic rings. The third-order valence-electron chi connectivity index (χ3n) is 5.71. The molecule has 1 unspecified atom stereocenters. The predicted octanol–water partition coefficient (Wildman–Crippen LogP) is 3.30. The van der Waals surface area contributed by atoms with Gasteiger partial charge in [0.05, 0.1) is 20.8 Å². The van der Waals surface area contributed by atoms with Crippen LogP contribution in [0.2, 0.25) is 0 Å². The second-order valence-electron chi connectivity index (χ2n) is 8.06. The Balaban J connectivity index is 1.27. The van der Waals surface area contributed by atoms with Crippen molar-refractivity contribution in [3.8, 4) is 22.8 Å². The first kappa shape index (κ1) is 22.7. The van der Waals surface area contributed by atoms with Crippen molar-refractivity contribution in [2.24, 2.45) is 4.99 Å². The van der Waals surface area contributed by atoms with E-state index in [1.54, 1.807) is 21.3 Å². The highest BCUT2D eigenvalue weighted by atomic mass is 16.5. The van der Waals surface area contributed by atoms with Crippen molar-refractivity contribution in [2.45, 2.75) is 25.6 Å². The predicted molar refractivity (Wildman–Crippen MR) is 129 cm³/mol. The number of rotatable bonds is 8. The van der Waals surface area contributed by atoms with Gasteiger partial charge in [-0.05, 0) is 24.1 Å². The Morgan fingerprint density at radius 1 is 1.12 bits per heavy atom. The second kappa shape index (κ2) is 10.9. The highest BCUT2D eigenvalue weighted by Crippen LogP contribution is 2.24. The fourth-order valence-electron chi connectivity index (χ4n) is 4.01. The molecule has 1 aliphatic heterocycles. The molecule has 2 heterocycles. The fraction of sp³-hybridized carbons (Fsp3) is 0.360. The highest BCUT2D eigenvalue weighted by molar-refractivity contribution is 5.80. The van der Waals surface area contributed by atoms with Gasteiger partial charge in [0.25, 0.3) is 0 Å². The van der Waals surface area contributed by atoms with Crippen molar-refractivity contribution >= 4 is 5.96 Å². The number of aromatic nitrogens is 1. The van der Waals surface area contributed by atoms with E-state index in [1.807, 2.05) is 42.5 Å². The van der Waals surface area contributed by atoms with Crippen LogP contribution in [0, 0.1) is 0 Å². The average Bonchev–Trinajstić information content (AvgIpc) is 3.51. The molecule has 1 saturated heterocycles. The van der Waals surface area contributed by atoms with E-state index < -0.39 is 0 Å². The minimum Gasteiger partial charge on any atom is -0.497 e. The third kappa shape index (κ3) is 6.04. The number of aliphatic imine (C=N–C) groups is 1. The van der Waals surface area contributed by atoms with Crippen LogP contribution in [0.1, 0.15) is 17.7 Å². The Morgan fingerprint density at radius 2 is 1.88 bits per heavy atom. The zero-order chi connectivity index (χ0) is 23.0. The van der Waals surface area contributed by atoms with E-state index in [0.717, 1.165) is 60.5 Å². The summed E-state index contributed by atoms with van der Waals surface area (Å²) in [5.41, 5.74) is 3.02.